The van der Waals surface area contributed by atoms with Gasteiger partial charge < -0.3 is 37.7 Å². The Kier molecular flexibility index (Phi) is 33.7. The largest absolute Gasteiger partial charge is 0.496 e. The predicted molar refractivity (Wildman–Crippen MR) is 470 cm³/mol. The second-order valence-corrected chi connectivity index (χ2v) is 30.3. The zero-order valence-corrected chi connectivity index (χ0v) is 74.1. The fourth-order valence-corrected chi connectivity index (χ4v) is 13.5. The van der Waals surface area contributed by atoms with Gasteiger partial charge in [-0.3, -0.25) is 14.0 Å². The third-order valence-corrected chi connectivity index (χ3v) is 19.5. The predicted octanol–water partition coefficient (Wildman–Crippen LogP) is 17.1. The number of nitrogens with zero attached hydrogens (tertiary/aromatic N) is 19. The molecule has 121 heavy (non-hydrogen) atoms. The molecule has 0 bridgehead atoms. The average Bonchev–Trinajstić information content (AvgIpc) is 1.80. The van der Waals surface area contributed by atoms with Crippen LogP contribution in [0.15, 0.2) is 211 Å². The van der Waals surface area contributed by atoms with Gasteiger partial charge in [0.15, 0.2) is 33.1 Å². The van der Waals surface area contributed by atoms with Crippen molar-refractivity contribution >= 4 is 9.84 Å². The number of sulfone groups is 1. The molecule has 29 nitrogen and oxygen atoms in total. The molecule has 15 aromatic rings. The number of benzene rings is 8. The smallest absolute Gasteiger partial charge is 0.223 e. The summed E-state index contributed by atoms with van der Waals surface area (Å²) >= 11 is 0. The van der Waals surface area contributed by atoms with Gasteiger partial charge in [-0.1, -0.05) is 129 Å². The highest BCUT2D eigenvalue weighted by Gasteiger charge is 2.23. The number of tetrazole rings is 1. The van der Waals surface area contributed by atoms with Crippen LogP contribution in [-0.2, 0) is 42.9 Å². The molecule has 0 radical (unpaired) electrons. The van der Waals surface area contributed by atoms with Crippen molar-refractivity contribution < 1.29 is 46.1 Å². The Labute approximate surface area is 708 Å². The molecule has 0 aliphatic heterocycles. The van der Waals surface area contributed by atoms with E-state index in [0.29, 0.717) is 45.7 Å². The first-order valence-corrected chi connectivity index (χ1v) is 40.3. The van der Waals surface area contributed by atoms with Crippen LogP contribution in [0.25, 0.3) is 79.6 Å². The van der Waals surface area contributed by atoms with Crippen LogP contribution in [-0.4, -0.2) is 159 Å². The normalized spacial score (nSPS) is 10.6. The first kappa shape index (κ1) is 92.6. The summed E-state index contributed by atoms with van der Waals surface area (Å²) in [5, 5.41) is 28.8. The zero-order valence-electron chi connectivity index (χ0n) is 73.2. The molecule has 0 spiro atoms. The highest BCUT2D eigenvalue weighted by atomic mass is 32.2. The lowest BCUT2D eigenvalue weighted by Gasteiger charge is -2.21. The van der Waals surface area contributed by atoms with Gasteiger partial charge in [0.2, 0.25) is 17.5 Å². The molecule has 15 rings (SSSR count). The lowest BCUT2D eigenvalue weighted by atomic mass is 9.87. The summed E-state index contributed by atoms with van der Waals surface area (Å²) in [6, 6.07) is 52.3. The SMILES string of the molecule is CC(C)(C)c1ccccc1S(C)(=O)=O.CCn1cnc(-c2cccc(C)c2OC)n1.COc1c(C)cccc1-c1ccncn1.COc1c(C)cccc1-c1nc(C)n(C)n1.COc1c(C)cccc1-c1ncccn1.COc1c(C)cccc1-c1ncn(C)n1.COc1c(C)cccc1-c1nnn(C)n1.COc1c(C)cccc1-c1noc(C)n1. The maximum atomic E-state index is 11.5. The van der Waals surface area contributed by atoms with Gasteiger partial charge in [-0.2, -0.15) is 25.1 Å². The van der Waals surface area contributed by atoms with E-state index < -0.39 is 9.84 Å². The topological polar surface area (TPSA) is 325 Å². The molecule has 0 atom stereocenters. The van der Waals surface area contributed by atoms with E-state index in [2.05, 4.69) is 75.7 Å². The van der Waals surface area contributed by atoms with E-state index in [-0.39, 0.29) is 5.41 Å². The molecular formula is C91H107N19O10S. The molecular weight excluding hydrogens is 1550 g/mol. The van der Waals surface area contributed by atoms with Crippen molar-refractivity contribution in [3.05, 3.63) is 258 Å². The fourth-order valence-electron chi connectivity index (χ4n) is 12.4. The van der Waals surface area contributed by atoms with E-state index in [1.54, 1.807) is 127 Å². The van der Waals surface area contributed by atoms with Gasteiger partial charge in [0.1, 0.15) is 65.1 Å². The summed E-state index contributed by atoms with van der Waals surface area (Å²) < 4.78 is 70.7. The molecule has 0 unspecified atom stereocenters. The van der Waals surface area contributed by atoms with Crippen LogP contribution in [0.5, 0.6) is 40.2 Å². The summed E-state index contributed by atoms with van der Waals surface area (Å²) in [6.07, 6.45) is 11.4. The van der Waals surface area contributed by atoms with Crippen molar-refractivity contribution in [2.45, 2.75) is 107 Å². The monoisotopic (exact) mass is 1660 g/mol. The lowest BCUT2D eigenvalue weighted by Crippen LogP contribution is -2.16. The first-order chi connectivity index (χ1) is 57.9. The van der Waals surface area contributed by atoms with Crippen LogP contribution in [0.2, 0.25) is 0 Å². The minimum Gasteiger partial charge on any atom is -0.496 e. The van der Waals surface area contributed by atoms with Crippen molar-refractivity contribution in [1.82, 2.24) is 94.6 Å². The Morgan fingerprint density at radius 2 is 0.802 bits per heavy atom. The molecule has 0 fully saturated rings. The van der Waals surface area contributed by atoms with Gasteiger partial charge in [-0.05, 0) is 178 Å². The highest BCUT2D eigenvalue weighted by molar-refractivity contribution is 7.90. The summed E-state index contributed by atoms with van der Waals surface area (Å²) in [6.45, 7) is 26.6. The Morgan fingerprint density at radius 1 is 0.397 bits per heavy atom. The van der Waals surface area contributed by atoms with Crippen LogP contribution in [0.1, 0.15) is 83.9 Å². The van der Waals surface area contributed by atoms with E-state index in [4.69, 9.17) is 37.7 Å². The quantitative estimate of drug-likeness (QED) is 0.0867. The van der Waals surface area contributed by atoms with Crippen LogP contribution in [0, 0.1) is 62.3 Å². The van der Waals surface area contributed by atoms with Crippen molar-refractivity contribution in [1.29, 1.82) is 0 Å². The number of aromatic nitrogens is 19. The van der Waals surface area contributed by atoms with Crippen molar-refractivity contribution in [3.8, 4) is 120 Å². The summed E-state index contributed by atoms with van der Waals surface area (Å²) in [5.41, 5.74) is 15.6. The van der Waals surface area contributed by atoms with E-state index in [0.717, 1.165) is 142 Å². The molecule has 8 aromatic carbocycles. The number of hydrogen-bond donors (Lipinski definition) is 0. The molecule has 7 heterocycles. The van der Waals surface area contributed by atoms with Crippen molar-refractivity contribution in [3.63, 3.8) is 0 Å². The summed E-state index contributed by atoms with van der Waals surface area (Å²) in [5.74, 6) is 11.2. The maximum absolute atomic E-state index is 11.5. The standard InChI is InChI=1S/2C12H15N3O.2C12H12N2O.C11H13N3O.C11H12N2O2.C11H16O2S.C10H12N4O/c1-8-6-5-7-10(11(8)16-4)12-13-9(2)15(3)14-12;1-4-15-8-13-12(14-15)10-7-5-6-9(2)11(10)16-3;1-9-5-3-6-10(11(9)15-2)12-13-7-4-8-14-12;1-9-4-3-5-10(12(9)15-2)11-6-7-13-8-14-11;1-8-5-4-6-9(10(8)15-3)11-12-7-14(2)13-11;1-7-5-4-6-9(10(7)14-3)11-12-8(2)15-13-11;1-11(2,3)9-7-5-6-8-10(9)14(4,12)13;1-7-5-4-6-8(9(7)15-3)10-11-13-14(2)12-10/h5-7H,1-4H3;5-8H,4H2,1-3H3;2*3-8H,1-2H3;4-7H,1-3H3;4-6H,1-3H3;5-8H,1-4H3;4-6H,1-3H3. The van der Waals surface area contributed by atoms with Crippen LogP contribution >= 0.6 is 0 Å². The number of ether oxygens (including phenoxy) is 7. The lowest BCUT2D eigenvalue weighted by molar-refractivity contribution is 0.392. The highest BCUT2D eigenvalue weighted by Crippen LogP contribution is 2.37. The third kappa shape index (κ3) is 24.9. The number of aryl methyl sites for hydroxylation is 13. The molecule has 632 valence electrons. The molecule has 0 amide bonds. The fraction of sp³-hybridized carbons (Fsp3) is 0.286. The molecule has 30 heteroatoms. The number of rotatable bonds is 16. The first-order valence-electron chi connectivity index (χ1n) is 38.4. The molecule has 0 N–H and O–H groups in total. The Hall–Kier alpha value is -13.9. The second-order valence-electron chi connectivity index (χ2n) is 28.3. The van der Waals surface area contributed by atoms with Gasteiger partial charge >= 0.3 is 0 Å². The molecule has 0 saturated heterocycles. The molecule has 0 aliphatic rings. The van der Waals surface area contributed by atoms with Gasteiger partial charge in [0.25, 0.3) is 0 Å². The van der Waals surface area contributed by atoms with Crippen LogP contribution < -0.4 is 33.2 Å². The van der Waals surface area contributed by atoms with Gasteiger partial charge in [0.05, 0.1) is 101 Å². The summed E-state index contributed by atoms with van der Waals surface area (Å²) in [4.78, 5) is 35.4. The van der Waals surface area contributed by atoms with Gasteiger partial charge in [0, 0.05) is 58.0 Å². The Bertz CT molecular complexity index is 5620. The van der Waals surface area contributed by atoms with Crippen molar-refractivity contribution in [2.24, 2.45) is 21.1 Å². The van der Waals surface area contributed by atoms with Gasteiger partial charge in [-0.25, -0.2) is 43.3 Å². The number of methoxy groups -OCH3 is 7. The van der Waals surface area contributed by atoms with E-state index >= 15 is 0 Å². The van der Waals surface area contributed by atoms with Gasteiger partial charge in [-0.15, -0.1) is 10.2 Å². The van der Waals surface area contributed by atoms with E-state index in [1.165, 1.54) is 17.4 Å². The molecule has 7 aromatic heterocycles. The number of para-hydroxylation sites is 7. The number of hydrogen-bond acceptors (Lipinski definition) is 25. The minimum atomic E-state index is -3.12. The zero-order chi connectivity index (χ0) is 88.1. The van der Waals surface area contributed by atoms with Crippen LogP contribution in [0.4, 0.5) is 0 Å². The minimum absolute atomic E-state index is 0.139. The van der Waals surface area contributed by atoms with Crippen molar-refractivity contribution in [2.75, 3.05) is 56.0 Å². The Morgan fingerprint density at radius 3 is 1.15 bits per heavy atom. The maximum Gasteiger partial charge on any atom is 0.223 e. The van der Waals surface area contributed by atoms with E-state index in [9.17, 15) is 8.42 Å². The average molecular weight is 1660 g/mol. The summed E-state index contributed by atoms with van der Waals surface area (Å²) in [7, 11) is 14.0. The Balaban J connectivity index is 0.000000172. The van der Waals surface area contributed by atoms with E-state index in [1.807, 2.05) is 243 Å². The second kappa shape index (κ2) is 44.1. The molecule has 0 aliphatic carbocycles. The third-order valence-electron chi connectivity index (χ3n) is 18.4. The van der Waals surface area contributed by atoms with Crippen LogP contribution in [0.3, 0.4) is 0 Å². The molecule has 0 saturated carbocycles.